The van der Waals surface area contributed by atoms with Gasteiger partial charge in [0.25, 0.3) is 0 Å². The molecule has 1 amide bonds. The van der Waals surface area contributed by atoms with E-state index in [2.05, 4.69) is 5.32 Å². The Labute approximate surface area is 146 Å². The summed E-state index contributed by atoms with van der Waals surface area (Å²) in [5.41, 5.74) is 1.45. The molecule has 0 radical (unpaired) electrons. The highest BCUT2D eigenvalue weighted by atomic mass is 32.1. The second kappa shape index (κ2) is 5.86. The van der Waals surface area contributed by atoms with Crippen LogP contribution >= 0.6 is 11.3 Å². The van der Waals surface area contributed by atoms with E-state index in [1.54, 1.807) is 16.7 Å². The molecular formula is C18H13FN2O3S. The number of benzene rings is 1. The molecule has 3 heterocycles. The van der Waals surface area contributed by atoms with Gasteiger partial charge in [0.15, 0.2) is 0 Å². The third kappa shape index (κ3) is 2.62. The molecule has 0 aliphatic carbocycles. The van der Waals surface area contributed by atoms with Gasteiger partial charge in [0, 0.05) is 29.1 Å². The summed E-state index contributed by atoms with van der Waals surface area (Å²) < 4.78 is 15.3. The number of fused-ring (bicyclic) bond motifs is 1. The number of aromatic nitrogens is 1. The Balaban J connectivity index is 1.99. The van der Waals surface area contributed by atoms with Crippen LogP contribution in [-0.2, 0) is 4.79 Å². The van der Waals surface area contributed by atoms with Gasteiger partial charge in [-0.3, -0.25) is 4.79 Å². The molecule has 1 atom stereocenters. The van der Waals surface area contributed by atoms with Gasteiger partial charge in [-0.15, -0.1) is 11.3 Å². The Morgan fingerprint density at radius 3 is 2.84 bits per heavy atom. The lowest BCUT2D eigenvalue weighted by Gasteiger charge is -2.25. The van der Waals surface area contributed by atoms with Crippen LogP contribution in [0.25, 0.3) is 5.69 Å². The first kappa shape index (κ1) is 15.6. The summed E-state index contributed by atoms with van der Waals surface area (Å²) in [5, 5.41) is 14.1. The molecule has 0 fully saturated rings. The highest BCUT2D eigenvalue weighted by Crippen LogP contribution is 2.42. The molecule has 25 heavy (non-hydrogen) atoms. The first-order chi connectivity index (χ1) is 12.0. The molecule has 0 saturated carbocycles. The maximum atomic E-state index is 13.7. The van der Waals surface area contributed by atoms with Crippen molar-refractivity contribution in [1.29, 1.82) is 0 Å². The highest BCUT2D eigenvalue weighted by Gasteiger charge is 2.34. The lowest BCUT2D eigenvalue weighted by molar-refractivity contribution is -0.116. The fourth-order valence-electron chi connectivity index (χ4n) is 3.19. The van der Waals surface area contributed by atoms with Gasteiger partial charge >= 0.3 is 5.97 Å². The van der Waals surface area contributed by atoms with E-state index >= 15 is 0 Å². The quantitative estimate of drug-likeness (QED) is 0.749. The average Bonchev–Trinajstić information content (AvgIpc) is 3.22. The van der Waals surface area contributed by atoms with Crippen LogP contribution in [0.4, 0.5) is 10.1 Å². The number of carboxylic acids is 1. The summed E-state index contributed by atoms with van der Waals surface area (Å²) >= 11 is 1.50. The van der Waals surface area contributed by atoms with Crippen LogP contribution in [0.2, 0.25) is 0 Å². The number of amides is 1. The van der Waals surface area contributed by atoms with Gasteiger partial charge in [0.05, 0.1) is 11.4 Å². The van der Waals surface area contributed by atoms with Gasteiger partial charge in [-0.2, -0.15) is 0 Å². The minimum atomic E-state index is -1.14. The summed E-state index contributed by atoms with van der Waals surface area (Å²) in [5.74, 6) is -2.06. The number of nitrogens with zero attached hydrogens (tertiary/aromatic N) is 1. The van der Waals surface area contributed by atoms with Gasteiger partial charge in [-0.05, 0) is 29.6 Å². The van der Waals surface area contributed by atoms with E-state index in [9.17, 15) is 19.1 Å². The van der Waals surface area contributed by atoms with Gasteiger partial charge < -0.3 is 15.0 Å². The Morgan fingerprint density at radius 1 is 1.32 bits per heavy atom. The first-order valence-electron chi connectivity index (χ1n) is 7.62. The molecule has 1 aromatic carbocycles. The Bertz CT molecular complexity index is 978. The minimum Gasteiger partial charge on any atom is -0.478 e. The molecule has 4 rings (SSSR count). The predicted octanol–water partition coefficient (Wildman–Crippen LogP) is 3.85. The Kier molecular flexibility index (Phi) is 3.65. The summed E-state index contributed by atoms with van der Waals surface area (Å²) in [4.78, 5) is 24.7. The van der Waals surface area contributed by atoms with E-state index in [0.717, 1.165) is 4.88 Å². The number of hydrogen-bond acceptors (Lipinski definition) is 3. The summed E-state index contributed by atoms with van der Waals surface area (Å²) in [6.45, 7) is 0. The number of nitrogens with one attached hydrogen (secondary N) is 1. The van der Waals surface area contributed by atoms with E-state index in [1.807, 2.05) is 17.5 Å². The maximum Gasteiger partial charge on any atom is 0.339 e. The third-order valence-electron chi connectivity index (χ3n) is 4.23. The molecule has 7 heteroatoms. The summed E-state index contributed by atoms with van der Waals surface area (Å²) in [7, 11) is 0. The number of hydrogen-bond donors (Lipinski definition) is 2. The topological polar surface area (TPSA) is 71.3 Å². The van der Waals surface area contributed by atoms with E-state index in [-0.39, 0.29) is 29.5 Å². The number of carboxylic acid groups (broad SMARTS) is 1. The lowest BCUT2D eigenvalue weighted by Crippen LogP contribution is -2.25. The van der Waals surface area contributed by atoms with E-state index in [4.69, 9.17) is 0 Å². The van der Waals surface area contributed by atoms with Crippen LogP contribution in [-0.4, -0.2) is 21.6 Å². The van der Waals surface area contributed by atoms with Crippen molar-refractivity contribution in [2.45, 2.75) is 12.3 Å². The monoisotopic (exact) mass is 356 g/mol. The summed E-state index contributed by atoms with van der Waals surface area (Å²) in [6, 6.07) is 9.75. The van der Waals surface area contributed by atoms with Crippen LogP contribution in [0, 0.1) is 5.82 Å². The number of carbonyl (C=O) groups excluding carboxylic acids is 1. The molecule has 0 saturated heterocycles. The zero-order chi connectivity index (χ0) is 17.6. The average molecular weight is 356 g/mol. The lowest BCUT2D eigenvalue weighted by atomic mass is 9.93. The smallest absolute Gasteiger partial charge is 0.339 e. The number of thiophene rings is 1. The second-order valence-corrected chi connectivity index (χ2v) is 6.76. The molecular weight excluding hydrogens is 343 g/mol. The van der Waals surface area contributed by atoms with E-state index < -0.39 is 11.8 Å². The molecule has 0 spiro atoms. The summed E-state index contributed by atoms with van der Waals surface area (Å²) in [6.07, 6.45) is 1.65. The van der Waals surface area contributed by atoms with E-state index in [1.165, 1.54) is 29.7 Å². The van der Waals surface area contributed by atoms with Crippen LogP contribution in [0.15, 0.2) is 48.0 Å². The molecule has 2 N–H and O–H groups in total. The van der Waals surface area contributed by atoms with Crippen molar-refractivity contribution in [2.24, 2.45) is 0 Å². The van der Waals surface area contributed by atoms with Crippen molar-refractivity contribution in [3.8, 4) is 5.69 Å². The van der Waals surface area contributed by atoms with Gasteiger partial charge in [-0.25, -0.2) is 9.18 Å². The fraction of sp³-hybridized carbons (Fsp3) is 0.111. The standard InChI is InChI=1S/C18H13FN2O3S/c19-10-3-1-4-11(7-10)21-9-13(18(23)24)16-17(21)12(8-15(22)20-16)14-5-2-6-25-14/h1-7,9,12H,8H2,(H,20,22)(H,23,24)/t12-/m0/s1. The van der Waals surface area contributed by atoms with Crippen LogP contribution < -0.4 is 5.32 Å². The molecule has 0 unspecified atom stereocenters. The fourth-order valence-corrected chi connectivity index (χ4v) is 4.02. The van der Waals surface area contributed by atoms with Crippen molar-refractivity contribution in [3.05, 3.63) is 69.9 Å². The Morgan fingerprint density at radius 2 is 2.16 bits per heavy atom. The van der Waals surface area contributed by atoms with Crippen molar-refractivity contribution in [3.63, 3.8) is 0 Å². The number of halogens is 1. The minimum absolute atomic E-state index is 0.00568. The number of aromatic carboxylic acids is 1. The first-order valence-corrected chi connectivity index (χ1v) is 8.50. The highest BCUT2D eigenvalue weighted by molar-refractivity contribution is 7.10. The normalized spacial score (nSPS) is 16.4. The number of rotatable bonds is 3. The van der Waals surface area contributed by atoms with Crippen LogP contribution in [0.5, 0.6) is 0 Å². The maximum absolute atomic E-state index is 13.7. The zero-order valence-corrected chi connectivity index (χ0v) is 13.7. The predicted molar refractivity (Wildman–Crippen MR) is 92.1 cm³/mol. The number of carbonyl (C=O) groups is 2. The van der Waals surface area contributed by atoms with Crippen LogP contribution in [0.3, 0.4) is 0 Å². The van der Waals surface area contributed by atoms with Gasteiger partial charge in [0.2, 0.25) is 5.91 Å². The molecule has 2 aromatic heterocycles. The van der Waals surface area contributed by atoms with Crippen molar-refractivity contribution >= 4 is 28.9 Å². The van der Waals surface area contributed by atoms with Gasteiger partial charge in [-0.1, -0.05) is 12.1 Å². The third-order valence-corrected chi connectivity index (χ3v) is 5.22. The SMILES string of the molecule is O=C1C[C@@H](c2cccs2)c2c(c(C(=O)O)cn2-c2cccc(F)c2)N1. The second-order valence-electron chi connectivity index (χ2n) is 5.78. The molecule has 1 aliphatic heterocycles. The van der Waals surface area contributed by atoms with Crippen LogP contribution in [0.1, 0.15) is 33.3 Å². The molecule has 1 aliphatic rings. The zero-order valence-electron chi connectivity index (χ0n) is 12.9. The Hall–Kier alpha value is -2.93. The van der Waals surface area contributed by atoms with Crippen molar-refractivity contribution in [1.82, 2.24) is 4.57 Å². The van der Waals surface area contributed by atoms with Crippen molar-refractivity contribution in [2.75, 3.05) is 5.32 Å². The molecule has 126 valence electrons. The molecule has 3 aromatic rings. The van der Waals surface area contributed by atoms with E-state index in [0.29, 0.717) is 11.4 Å². The van der Waals surface area contributed by atoms with Gasteiger partial charge in [0.1, 0.15) is 11.4 Å². The molecule has 5 nitrogen and oxygen atoms in total. The van der Waals surface area contributed by atoms with Crippen molar-refractivity contribution < 1.29 is 19.1 Å². The number of anilines is 1. The largest absolute Gasteiger partial charge is 0.478 e. The molecule has 0 bridgehead atoms.